The molecule has 0 radical (unpaired) electrons. The summed E-state index contributed by atoms with van der Waals surface area (Å²) in [6, 6.07) is 13.3. The Morgan fingerprint density at radius 3 is 2.73 bits per heavy atom. The van der Waals surface area contributed by atoms with Crippen molar-refractivity contribution in [2.24, 2.45) is 5.92 Å². The largest absolute Gasteiger partial charge is 0.493 e. The van der Waals surface area contributed by atoms with E-state index >= 15 is 0 Å². The number of amides is 1. The number of rotatable bonds is 8. The van der Waals surface area contributed by atoms with Gasteiger partial charge in [-0.15, -0.1) is 6.42 Å². The van der Waals surface area contributed by atoms with E-state index < -0.39 is 17.9 Å². The van der Waals surface area contributed by atoms with Gasteiger partial charge < -0.3 is 15.2 Å². The Balaban J connectivity index is 1.33. The molecule has 0 aromatic heterocycles. The second-order valence-electron chi connectivity index (χ2n) is 8.93. The van der Waals surface area contributed by atoms with Gasteiger partial charge in [0.05, 0.1) is 31.1 Å². The molecule has 1 saturated carbocycles. The summed E-state index contributed by atoms with van der Waals surface area (Å²) >= 11 is 0. The molecule has 0 bridgehead atoms. The fourth-order valence-electron chi connectivity index (χ4n) is 4.17. The predicted octanol–water partition coefficient (Wildman–Crippen LogP) is 3.97. The molecule has 2 N–H and O–H groups in total. The van der Waals surface area contributed by atoms with Crippen LogP contribution in [0.3, 0.4) is 0 Å². The molecule has 33 heavy (non-hydrogen) atoms. The summed E-state index contributed by atoms with van der Waals surface area (Å²) in [4.78, 5) is 13.8. The molecule has 2 unspecified atom stereocenters. The molecule has 5 nitrogen and oxygen atoms in total. The minimum absolute atomic E-state index is 0.00376. The number of hydrogen-bond donors (Lipinski definition) is 2. The standard InChI is InChI=1S/C26H28F2N2O3/c1-3-4-25(32)29-17(2)19-7-5-18(6-8-19)13-30-14-20-9-10-22(11-23(20)24(31)15-30)33-16-21-12-26(21,27)28/h1,5-11,17,21,24,31H,4,12-16H2,2H3,(H,29,32)/t17-,21?,24?/m0/s1. The Morgan fingerprint density at radius 1 is 1.33 bits per heavy atom. The van der Waals surface area contributed by atoms with E-state index in [1.165, 1.54) is 0 Å². The number of halogens is 2. The van der Waals surface area contributed by atoms with E-state index in [0.29, 0.717) is 25.4 Å². The molecular formula is C26H28F2N2O3. The van der Waals surface area contributed by atoms with Crippen LogP contribution in [0, 0.1) is 18.3 Å². The normalized spacial score (nSPS) is 22.0. The Labute approximate surface area is 192 Å². The van der Waals surface area contributed by atoms with Crippen LogP contribution in [0.2, 0.25) is 0 Å². The van der Waals surface area contributed by atoms with Gasteiger partial charge in [0.1, 0.15) is 5.75 Å². The number of aliphatic hydroxyl groups excluding tert-OH is 1. The second kappa shape index (κ2) is 9.50. The number of hydrogen-bond acceptors (Lipinski definition) is 4. The van der Waals surface area contributed by atoms with Crippen LogP contribution in [0.25, 0.3) is 0 Å². The third-order valence-corrected chi connectivity index (χ3v) is 6.23. The molecule has 1 fully saturated rings. The molecule has 4 rings (SSSR count). The smallest absolute Gasteiger partial charge is 0.255 e. The number of benzene rings is 2. The fraction of sp³-hybridized carbons (Fsp3) is 0.423. The number of terminal acetylenes is 1. The number of nitrogens with one attached hydrogen (secondary N) is 1. The summed E-state index contributed by atoms with van der Waals surface area (Å²) in [7, 11) is 0. The molecule has 1 heterocycles. The molecule has 3 atom stereocenters. The van der Waals surface area contributed by atoms with Crippen LogP contribution in [-0.4, -0.2) is 35.0 Å². The molecule has 1 aliphatic heterocycles. The monoisotopic (exact) mass is 454 g/mol. The number of aliphatic hydroxyl groups is 1. The van der Waals surface area contributed by atoms with E-state index in [1.807, 2.05) is 37.3 Å². The molecule has 1 aliphatic carbocycles. The maximum atomic E-state index is 13.0. The van der Waals surface area contributed by atoms with Crippen LogP contribution in [0.4, 0.5) is 8.78 Å². The van der Waals surface area contributed by atoms with Crippen molar-refractivity contribution in [1.29, 1.82) is 0 Å². The van der Waals surface area contributed by atoms with E-state index in [0.717, 1.165) is 22.3 Å². The summed E-state index contributed by atoms with van der Waals surface area (Å²) in [5.41, 5.74) is 3.88. The summed E-state index contributed by atoms with van der Waals surface area (Å²) in [6.07, 6.45) is 4.44. The van der Waals surface area contributed by atoms with Gasteiger partial charge in [0.2, 0.25) is 5.91 Å². The van der Waals surface area contributed by atoms with Crippen molar-refractivity contribution >= 4 is 5.91 Å². The number of β-amino-alcohol motifs (C(OH)–C–C–N with tert-alkyl or cyclic N) is 1. The lowest BCUT2D eigenvalue weighted by Crippen LogP contribution is -2.33. The highest BCUT2D eigenvalue weighted by Gasteiger charge is 2.57. The van der Waals surface area contributed by atoms with Crippen LogP contribution in [0.5, 0.6) is 5.75 Å². The van der Waals surface area contributed by atoms with E-state index in [-0.39, 0.29) is 31.4 Å². The summed E-state index contributed by atoms with van der Waals surface area (Å²) < 4.78 is 31.6. The third-order valence-electron chi connectivity index (χ3n) is 6.23. The SMILES string of the molecule is C#CCC(=O)N[C@@H](C)c1ccc(CN2Cc3ccc(OCC4CC4(F)F)cc3C(O)C2)cc1. The Kier molecular flexibility index (Phi) is 6.68. The zero-order valence-corrected chi connectivity index (χ0v) is 18.6. The van der Waals surface area contributed by atoms with Gasteiger partial charge in [-0.3, -0.25) is 9.69 Å². The zero-order valence-electron chi connectivity index (χ0n) is 18.6. The minimum atomic E-state index is -2.60. The van der Waals surface area contributed by atoms with Gasteiger partial charge in [-0.1, -0.05) is 36.3 Å². The topological polar surface area (TPSA) is 61.8 Å². The molecule has 2 aromatic rings. The quantitative estimate of drug-likeness (QED) is 0.593. The Bertz CT molecular complexity index is 1050. The highest BCUT2D eigenvalue weighted by molar-refractivity contribution is 5.78. The van der Waals surface area contributed by atoms with E-state index in [4.69, 9.17) is 11.2 Å². The molecule has 7 heteroatoms. The maximum absolute atomic E-state index is 13.0. The molecule has 2 aromatic carbocycles. The molecule has 174 valence electrons. The lowest BCUT2D eigenvalue weighted by molar-refractivity contribution is -0.120. The average Bonchev–Trinajstić information content (AvgIpc) is 3.39. The van der Waals surface area contributed by atoms with Crippen LogP contribution < -0.4 is 10.1 Å². The van der Waals surface area contributed by atoms with Crippen molar-refractivity contribution < 1.29 is 23.4 Å². The third kappa shape index (κ3) is 5.70. The molecule has 0 spiro atoms. The number of alkyl halides is 2. The first kappa shape index (κ1) is 23.2. The average molecular weight is 455 g/mol. The van der Waals surface area contributed by atoms with Crippen molar-refractivity contribution in [2.75, 3.05) is 13.2 Å². The maximum Gasteiger partial charge on any atom is 0.255 e. The molecule has 2 aliphatic rings. The Morgan fingerprint density at radius 2 is 2.06 bits per heavy atom. The number of carbonyl (C=O) groups is 1. The van der Waals surface area contributed by atoms with Gasteiger partial charge in [-0.05, 0) is 41.3 Å². The summed E-state index contributed by atoms with van der Waals surface area (Å²) in [5, 5.41) is 13.5. The summed E-state index contributed by atoms with van der Waals surface area (Å²) in [5.74, 6) is -0.622. The van der Waals surface area contributed by atoms with Crippen LogP contribution >= 0.6 is 0 Å². The van der Waals surface area contributed by atoms with Crippen molar-refractivity contribution in [3.05, 3.63) is 64.7 Å². The minimum Gasteiger partial charge on any atom is -0.493 e. The predicted molar refractivity (Wildman–Crippen MR) is 121 cm³/mol. The lowest BCUT2D eigenvalue weighted by Gasteiger charge is -2.32. The fourth-order valence-corrected chi connectivity index (χ4v) is 4.17. The van der Waals surface area contributed by atoms with Crippen molar-refractivity contribution in [3.8, 4) is 18.1 Å². The number of fused-ring (bicyclic) bond motifs is 1. The van der Waals surface area contributed by atoms with Crippen molar-refractivity contribution in [3.63, 3.8) is 0 Å². The van der Waals surface area contributed by atoms with Gasteiger partial charge in [-0.25, -0.2) is 8.78 Å². The van der Waals surface area contributed by atoms with Gasteiger partial charge >= 0.3 is 0 Å². The van der Waals surface area contributed by atoms with Crippen molar-refractivity contribution in [2.45, 2.75) is 50.9 Å². The van der Waals surface area contributed by atoms with Crippen LogP contribution in [0.1, 0.15) is 54.2 Å². The molecular weight excluding hydrogens is 426 g/mol. The Hall–Kier alpha value is -2.95. The number of nitrogens with zero attached hydrogens (tertiary/aromatic N) is 1. The van der Waals surface area contributed by atoms with Crippen LogP contribution in [-0.2, 0) is 17.9 Å². The van der Waals surface area contributed by atoms with Gasteiger partial charge in [0, 0.05) is 26.1 Å². The highest BCUT2D eigenvalue weighted by Crippen LogP contribution is 2.48. The zero-order chi connectivity index (χ0) is 23.6. The number of ether oxygens (including phenoxy) is 1. The highest BCUT2D eigenvalue weighted by atomic mass is 19.3. The first-order valence-corrected chi connectivity index (χ1v) is 11.1. The number of carbonyl (C=O) groups excluding carboxylic acids is 1. The molecule has 0 saturated heterocycles. The first-order chi connectivity index (χ1) is 15.7. The van der Waals surface area contributed by atoms with E-state index in [9.17, 15) is 18.7 Å². The van der Waals surface area contributed by atoms with Crippen molar-refractivity contribution in [1.82, 2.24) is 10.2 Å². The first-order valence-electron chi connectivity index (χ1n) is 11.1. The van der Waals surface area contributed by atoms with Gasteiger partial charge in [0.25, 0.3) is 5.92 Å². The van der Waals surface area contributed by atoms with Gasteiger partial charge in [0.15, 0.2) is 0 Å². The van der Waals surface area contributed by atoms with E-state index in [1.54, 1.807) is 12.1 Å². The lowest BCUT2D eigenvalue weighted by atomic mass is 9.96. The van der Waals surface area contributed by atoms with Crippen LogP contribution in [0.15, 0.2) is 42.5 Å². The second-order valence-corrected chi connectivity index (χ2v) is 8.93. The molecule has 1 amide bonds. The van der Waals surface area contributed by atoms with Gasteiger partial charge in [-0.2, -0.15) is 0 Å². The summed E-state index contributed by atoms with van der Waals surface area (Å²) in [6.45, 7) is 3.72. The van der Waals surface area contributed by atoms with E-state index in [2.05, 4.69) is 16.1 Å².